The van der Waals surface area contributed by atoms with Crippen molar-refractivity contribution in [2.24, 2.45) is 51.2 Å². The molecule has 5 saturated carbocycles. The normalized spacial score (nSPS) is 40.8. The smallest absolute Gasteiger partial charge is 0.0594 e. The van der Waals surface area contributed by atoms with Gasteiger partial charge >= 0.3 is 0 Å². The van der Waals surface area contributed by atoms with E-state index in [0.29, 0.717) is 22.2 Å². The maximum absolute atomic E-state index is 10.8. The van der Waals surface area contributed by atoms with Gasteiger partial charge in [0.05, 0.1) is 6.10 Å². The van der Waals surface area contributed by atoms with Crippen molar-refractivity contribution < 1.29 is 5.11 Å². The summed E-state index contributed by atoms with van der Waals surface area (Å²) in [5, 5.41) is 10.8. The lowest BCUT2D eigenvalue weighted by molar-refractivity contribution is -0.213. The Bertz CT molecular complexity index is 755. The minimum Gasteiger partial charge on any atom is -0.393 e. The molecule has 0 spiro atoms. The van der Waals surface area contributed by atoms with Crippen molar-refractivity contribution in [1.29, 1.82) is 0 Å². The molecule has 1 nitrogen and oxygen atoms in total. The van der Waals surface area contributed by atoms with Crippen molar-refractivity contribution in [2.75, 3.05) is 0 Å². The largest absolute Gasteiger partial charge is 0.393 e. The molecular formula is C39H68O. The van der Waals surface area contributed by atoms with Crippen molar-refractivity contribution in [1.82, 2.24) is 0 Å². The summed E-state index contributed by atoms with van der Waals surface area (Å²) in [7, 11) is 0. The molecule has 4 unspecified atom stereocenters. The molecule has 5 fully saturated rings. The van der Waals surface area contributed by atoms with Gasteiger partial charge in [0.15, 0.2) is 0 Å². The molecule has 0 saturated heterocycles. The molecule has 5 aliphatic rings. The topological polar surface area (TPSA) is 20.2 Å². The lowest BCUT2D eigenvalue weighted by atomic mass is 9.36. The number of rotatable bonds is 0. The molecule has 5 aliphatic carbocycles. The molecule has 40 heavy (non-hydrogen) atoms. The van der Waals surface area contributed by atoms with E-state index < -0.39 is 0 Å². The van der Waals surface area contributed by atoms with Crippen molar-refractivity contribution in [3.63, 3.8) is 0 Å². The molecule has 0 aromatic rings. The predicted octanol–water partition coefficient (Wildman–Crippen LogP) is 10.8. The highest BCUT2D eigenvalue weighted by Gasteiger charge is 2.65. The number of aliphatic hydroxyl groups is 1. The Morgan fingerprint density at radius 2 is 1.12 bits per heavy atom. The zero-order chi connectivity index (χ0) is 31.9. The van der Waals surface area contributed by atoms with E-state index >= 15 is 0 Å². The summed E-state index contributed by atoms with van der Waals surface area (Å²) >= 11 is 0. The second-order valence-corrected chi connectivity index (χ2v) is 13.5. The van der Waals surface area contributed by atoms with Crippen LogP contribution in [-0.2, 0) is 0 Å². The van der Waals surface area contributed by atoms with Crippen LogP contribution >= 0.6 is 0 Å². The maximum atomic E-state index is 10.8. The van der Waals surface area contributed by atoms with Crippen LogP contribution in [0.1, 0.15) is 140 Å². The molecule has 0 bridgehead atoms. The van der Waals surface area contributed by atoms with E-state index in [4.69, 9.17) is 0 Å². The summed E-state index contributed by atoms with van der Waals surface area (Å²) in [6, 6.07) is 0. The van der Waals surface area contributed by atoms with Crippen LogP contribution in [0.2, 0.25) is 0 Å². The molecule has 5 rings (SSSR count). The van der Waals surface area contributed by atoms with Gasteiger partial charge in [-0.3, -0.25) is 0 Å². The lowest BCUT2D eigenvalue weighted by Crippen LogP contribution is -2.63. The number of aliphatic hydroxyl groups excluding tert-OH is 1. The summed E-state index contributed by atoms with van der Waals surface area (Å²) < 4.78 is 0. The summed E-state index contributed by atoms with van der Waals surface area (Å²) in [4.78, 5) is 0. The fourth-order valence-electron chi connectivity index (χ4n) is 10.5. The minimum absolute atomic E-state index is 0.0925. The molecule has 0 radical (unpaired) electrons. The van der Waals surface area contributed by atoms with Gasteiger partial charge in [0.25, 0.3) is 0 Å². The van der Waals surface area contributed by atoms with Crippen molar-refractivity contribution in [3.8, 4) is 38.5 Å². The number of hydrogen-bond donors (Lipinski definition) is 1. The van der Waals surface area contributed by atoms with Crippen molar-refractivity contribution >= 4 is 0 Å². The molecule has 1 N–H and O–H groups in total. The van der Waals surface area contributed by atoms with Crippen LogP contribution in [0.4, 0.5) is 0 Å². The number of fused-ring (bicyclic) bond motifs is 7. The van der Waals surface area contributed by atoms with E-state index in [2.05, 4.69) is 79.7 Å². The van der Waals surface area contributed by atoms with Crippen LogP contribution in [-0.4, -0.2) is 11.2 Å². The van der Waals surface area contributed by atoms with E-state index in [1.807, 2.05) is 34.6 Å². The highest BCUT2D eigenvalue weighted by atomic mass is 16.3. The van der Waals surface area contributed by atoms with Gasteiger partial charge in [0, 0.05) is 0 Å². The van der Waals surface area contributed by atoms with Gasteiger partial charge in [-0.05, 0) is 122 Å². The molecule has 0 heterocycles. The molecule has 0 aromatic carbocycles. The number of terminal acetylenes is 3. The van der Waals surface area contributed by atoms with Crippen LogP contribution in [0.3, 0.4) is 0 Å². The Morgan fingerprint density at radius 1 is 0.625 bits per heavy atom. The summed E-state index contributed by atoms with van der Waals surface area (Å²) in [5.41, 5.74) is 1.80. The molecule has 0 aromatic heterocycles. The molecule has 9 atom stereocenters. The second kappa shape index (κ2) is 18.0. The third-order valence-electron chi connectivity index (χ3n) is 11.9. The molecule has 0 amide bonds. The van der Waals surface area contributed by atoms with Crippen LogP contribution in [0.15, 0.2) is 12.7 Å². The first-order chi connectivity index (χ1) is 19.0. The van der Waals surface area contributed by atoms with Gasteiger partial charge in [-0.2, -0.15) is 0 Å². The van der Waals surface area contributed by atoms with Crippen molar-refractivity contribution in [3.05, 3.63) is 12.7 Å². The number of allylic oxidation sites excluding steroid dienone is 1. The molecule has 1 heteroatoms. The van der Waals surface area contributed by atoms with Gasteiger partial charge in [-0.15, -0.1) is 45.1 Å². The van der Waals surface area contributed by atoms with Crippen LogP contribution in [0.5, 0.6) is 0 Å². The zero-order valence-corrected chi connectivity index (χ0v) is 28.4. The second-order valence-electron chi connectivity index (χ2n) is 13.5. The van der Waals surface area contributed by atoms with Crippen LogP contribution in [0, 0.1) is 89.8 Å². The average molecular weight is 553 g/mol. The Kier molecular flexibility index (Phi) is 18.3. The summed E-state index contributed by atoms with van der Waals surface area (Å²) in [6.45, 7) is 26.0. The Hall–Kier alpha value is -1.62. The quantitative estimate of drug-likeness (QED) is 0.234. The first-order valence-corrected chi connectivity index (χ1v) is 16.3. The van der Waals surface area contributed by atoms with Crippen LogP contribution < -0.4 is 0 Å². The predicted molar refractivity (Wildman–Crippen MR) is 181 cm³/mol. The van der Waals surface area contributed by atoms with Gasteiger partial charge < -0.3 is 5.11 Å². The first-order valence-electron chi connectivity index (χ1n) is 16.3. The Labute approximate surface area is 253 Å². The number of hydrogen-bond acceptors (Lipinski definition) is 1. The standard InChI is InChI=1S/C26H44O.C3H6.2C2H6.3C2H2/c1-23(2)20-11-15-25(4)19-10-14-24(3)13-6-7-18(24)17(19)8-9-21(25)26(20,5)16-12-22(23)27;1-3-2;5*1-2/h17-22,27H,6-16H2,1-5H3;3H,1H2,2H3;2*1-2H3;3*1-2H/t17-,18?,19?,20?,21?,22+,24-,25+,26+;;;;;;/m1....../s1. The minimum atomic E-state index is -0.0925. The summed E-state index contributed by atoms with van der Waals surface area (Å²) in [5.74, 6) is 4.64. The highest BCUT2D eigenvalue weighted by molar-refractivity contribution is 5.14. The Balaban J connectivity index is 0. The van der Waals surface area contributed by atoms with E-state index in [1.54, 1.807) is 6.08 Å². The van der Waals surface area contributed by atoms with Gasteiger partial charge in [0.2, 0.25) is 0 Å². The first kappa shape index (κ1) is 40.5. The van der Waals surface area contributed by atoms with Gasteiger partial charge in [0.1, 0.15) is 0 Å². The third-order valence-corrected chi connectivity index (χ3v) is 11.9. The zero-order valence-electron chi connectivity index (χ0n) is 28.4. The van der Waals surface area contributed by atoms with Gasteiger partial charge in [-0.25, -0.2) is 0 Å². The Morgan fingerprint density at radius 3 is 1.65 bits per heavy atom. The lowest BCUT2D eigenvalue weighted by Gasteiger charge is -2.69. The van der Waals surface area contributed by atoms with Gasteiger partial charge in [-0.1, -0.05) is 74.8 Å². The van der Waals surface area contributed by atoms with Crippen molar-refractivity contribution in [2.45, 2.75) is 146 Å². The fourth-order valence-corrected chi connectivity index (χ4v) is 10.5. The van der Waals surface area contributed by atoms with E-state index in [-0.39, 0.29) is 11.5 Å². The SMILES string of the molecule is C#C.C#C.C#C.C=CC.CC.CC.CC1(C)C2CC[C@@]3(C)C4CC[C@@]5(C)CCCC5[C@H]4CCC3[C@@]2(C)CC[C@@H]1O. The van der Waals surface area contributed by atoms with E-state index in [1.165, 1.54) is 64.2 Å². The fraction of sp³-hybridized carbons (Fsp3) is 0.795. The molecular weight excluding hydrogens is 484 g/mol. The molecule has 0 aliphatic heterocycles. The third kappa shape index (κ3) is 7.41. The average Bonchev–Trinajstić information content (AvgIpc) is 3.39. The van der Waals surface area contributed by atoms with Crippen LogP contribution in [0.25, 0.3) is 0 Å². The van der Waals surface area contributed by atoms with E-state index in [0.717, 1.165) is 30.1 Å². The van der Waals surface area contributed by atoms with E-state index in [9.17, 15) is 5.11 Å². The monoisotopic (exact) mass is 553 g/mol. The summed E-state index contributed by atoms with van der Waals surface area (Å²) in [6.07, 6.45) is 41.3. The maximum Gasteiger partial charge on any atom is 0.0594 e. The molecule has 230 valence electrons. The highest BCUT2D eigenvalue weighted by Crippen LogP contribution is 2.72.